The summed E-state index contributed by atoms with van der Waals surface area (Å²) in [5.41, 5.74) is 4.94. The van der Waals surface area contributed by atoms with E-state index in [2.05, 4.69) is 10.3 Å². The lowest BCUT2D eigenvalue weighted by Gasteiger charge is -2.33. The van der Waals surface area contributed by atoms with Crippen LogP contribution in [-0.4, -0.2) is 28.4 Å². The van der Waals surface area contributed by atoms with Crippen LogP contribution in [0.25, 0.3) is 0 Å². The van der Waals surface area contributed by atoms with Gasteiger partial charge in [0.15, 0.2) is 11.5 Å². The van der Waals surface area contributed by atoms with Gasteiger partial charge in [-0.15, -0.1) is 0 Å². The lowest BCUT2D eigenvalue weighted by atomic mass is 9.90. The summed E-state index contributed by atoms with van der Waals surface area (Å²) in [5.74, 6) is 1.37. The molecule has 0 bridgehead atoms. The minimum absolute atomic E-state index is 0.0234. The Kier molecular flexibility index (Phi) is 1.98. The molecule has 0 aromatic heterocycles. The van der Waals surface area contributed by atoms with Crippen LogP contribution in [0.4, 0.5) is 0 Å². The minimum atomic E-state index is -0.562. The first-order valence-corrected chi connectivity index (χ1v) is 5.48. The molecular weight excluding hydrogens is 186 g/mol. The smallest absolute Gasteiger partial charge is 0.255 e. The molecular formula is C8H13N3OS. The number of carbonyl (C=O) groups is 1. The van der Waals surface area contributed by atoms with Crippen molar-refractivity contribution in [3.8, 4) is 0 Å². The number of nitrogens with one attached hydrogen (secondary N) is 1. The molecule has 0 radical (unpaired) electrons. The van der Waals surface area contributed by atoms with E-state index >= 15 is 0 Å². The van der Waals surface area contributed by atoms with E-state index < -0.39 is 5.54 Å². The van der Waals surface area contributed by atoms with E-state index in [4.69, 9.17) is 5.73 Å². The van der Waals surface area contributed by atoms with Crippen molar-refractivity contribution >= 4 is 23.6 Å². The zero-order chi connectivity index (χ0) is 9.47. The average molecular weight is 199 g/mol. The fourth-order valence-corrected chi connectivity index (χ4v) is 3.12. The quantitative estimate of drug-likeness (QED) is 0.581. The first-order chi connectivity index (χ1) is 6.15. The van der Waals surface area contributed by atoms with Crippen LogP contribution in [0.5, 0.6) is 0 Å². The summed E-state index contributed by atoms with van der Waals surface area (Å²) < 4.78 is 0. The van der Waals surface area contributed by atoms with Crippen LogP contribution in [0.3, 0.4) is 0 Å². The number of amides is 1. The van der Waals surface area contributed by atoms with Crippen LogP contribution < -0.4 is 11.1 Å². The Balaban J connectivity index is 2.31. The third-order valence-corrected chi connectivity index (χ3v) is 4.11. The molecule has 0 aliphatic carbocycles. The van der Waals surface area contributed by atoms with Crippen molar-refractivity contribution in [1.29, 1.82) is 0 Å². The average Bonchev–Trinajstić information content (AvgIpc) is 2.35. The highest BCUT2D eigenvalue weighted by Gasteiger charge is 2.49. The molecule has 2 heterocycles. The van der Waals surface area contributed by atoms with Crippen molar-refractivity contribution in [3.05, 3.63) is 0 Å². The van der Waals surface area contributed by atoms with Gasteiger partial charge in [-0.3, -0.25) is 10.1 Å². The van der Waals surface area contributed by atoms with Gasteiger partial charge in [-0.2, -0.15) is 11.8 Å². The Morgan fingerprint density at radius 2 is 2.54 bits per heavy atom. The van der Waals surface area contributed by atoms with Crippen LogP contribution in [0, 0.1) is 0 Å². The zero-order valence-corrected chi connectivity index (χ0v) is 8.36. The number of carbonyl (C=O) groups excluding carboxylic acids is 1. The van der Waals surface area contributed by atoms with E-state index in [9.17, 15) is 4.79 Å². The maximum atomic E-state index is 11.7. The van der Waals surface area contributed by atoms with Gasteiger partial charge in [-0.1, -0.05) is 6.92 Å². The highest BCUT2D eigenvalue weighted by atomic mass is 32.2. The molecule has 1 spiro atoms. The van der Waals surface area contributed by atoms with E-state index in [1.807, 2.05) is 6.92 Å². The molecule has 2 atom stereocenters. The number of rotatable bonds is 0. The van der Waals surface area contributed by atoms with E-state index in [0.29, 0.717) is 0 Å². The molecule has 1 fully saturated rings. The Morgan fingerprint density at radius 1 is 1.77 bits per heavy atom. The third-order valence-electron chi connectivity index (χ3n) is 2.70. The van der Waals surface area contributed by atoms with Gasteiger partial charge in [-0.25, -0.2) is 4.99 Å². The summed E-state index contributed by atoms with van der Waals surface area (Å²) >= 11 is 1.80. The van der Waals surface area contributed by atoms with Gasteiger partial charge >= 0.3 is 0 Å². The van der Waals surface area contributed by atoms with E-state index in [1.54, 1.807) is 11.8 Å². The predicted molar refractivity (Wildman–Crippen MR) is 53.7 cm³/mol. The highest BCUT2D eigenvalue weighted by Crippen LogP contribution is 2.38. The van der Waals surface area contributed by atoms with Crippen molar-refractivity contribution in [2.24, 2.45) is 10.7 Å². The summed E-state index contributed by atoms with van der Waals surface area (Å²) in [5, 5.41) is 2.82. The second-order valence-corrected chi connectivity index (χ2v) is 4.94. The predicted octanol–water partition coefficient (Wildman–Crippen LogP) is 0.0852. The van der Waals surface area contributed by atoms with E-state index in [1.165, 1.54) is 0 Å². The molecule has 0 saturated carbocycles. The van der Waals surface area contributed by atoms with Crippen molar-refractivity contribution < 1.29 is 4.79 Å². The van der Waals surface area contributed by atoms with Gasteiger partial charge in [0.25, 0.3) is 5.91 Å². The molecule has 5 heteroatoms. The Morgan fingerprint density at radius 3 is 3.08 bits per heavy atom. The molecule has 0 aromatic rings. The summed E-state index contributed by atoms with van der Waals surface area (Å²) in [4.78, 5) is 15.9. The fraction of sp³-hybridized carbons (Fsp3) is 0.750. The second-order valence-electron chi connectivity index (χ2n) is 3.49. The fourth-order valence-electron chi connectivity index (χ4n) is 1.91. The molecule has 13 heavy (non-hydrogen) atoms. The van der Waals surface area contributed by atoms with Gasteiger partial charge in [-0.05, 0) is 18.6 Å². The standard InChI is InChI=1S/C8H13N3OS/c1-5-8(3-2-4-13-5)6(12)10-7(9)11-8/h5H,2-4H2,1H3,(H3,9,10,11,12). The van der Waals surface area contributed by atoms with Gasteiger partial charge in [0.05, 0.1) is 0 Å². The number of nitrogens with zero attached hydrogens (tertiary/aromatic N) is 1. The molecule has 2 unspecified atom stereocenters. The first-order valence-electron chi connectivity index (χ1n) is 4.43. The summed E-state index contributed by atoms with van der Waals surface area (Å²) in [6.45, 7) is 2.05. The van der Waals surface area contributed by atoms with Crippen LogP contribution in [-0.2, 0) is 4.79 Å². The van der Waals surface area contributed by atoms with Crippen LogP contribution in [0.15, 0.2) is 4.99 Å². The molecule has 2 aliphatic rings. The second kappa shape index (κ2) is 2.90. The Hall–Kier alpha value is -0.710. The first kappa shape index (κ1) is 8.87. The molecule has 4 nitrogen and oxygen atoms in total. The van der Waals surface area contributed by atoms with Gasteiger partial charge in [0.2, 0.25) is 0 Å². The molecule has 72 valence electrons. The monoisotopic (exact) mass is 199 g/mol. The van der Waals surface area contributed by atoms with E-state index in [0.717, 1.165) is 18.6 Å². The van der Waals surface area contributed by atoms with Crippen molar-refractivity contribution in [2.45, 2.75) is 30.6 Å². The van der Waals surface area contributed by atoms with Crippen LogP contribution in [0.1, 0.15) is 19.8 Å². The lowest BCUT2D eigenvalue weighted by molar-refractivity contribution is -0.124. The van der Waals surface area contributed by atoms with Gasteiger partial charge in [0.1, 0.15) is 0 Å². The van der Waals surface area contributed by atoms with Crippen molar-refractivity contribution in [1.82, 2.24) is 5.32 Å². The highest BCUT2D eigenvalue weighted by molar-refractivity contribution is 8.00. The van der Waals surface area contributed by atoms with Crippen molar-refractivity contribution in [3.63, 3.8) is 0 Å². The lowest BCUT2D eigenvalue weighted by Crippen LogP contribution is -2.48. The topological polar surface area (TPSA) is 67.5 Å². The van der Waals surface area contributed by atoms with Crippen LogP contribution in [0.2, 0.25) is 0 Å². The molecule has 2 rings (SSSR count). The number of aliphatic imine (C=N–C) groups is 1. The van der Waals surface area contributed by atoms with Crippen LogP contribution >= 0.6 is 11.8 Å². The SMILES string of the molecule is CC1SCCCC12N=C(N)NC2=O. The van der Waals surface area contributed by atoms with Crippen molar-refractivity contribution in [2.75, 3.05) is 5.75 Å². The third kappa shape index (κ3) is 1.22. The summed E-state index contributed by atoms with van der Waals surface area (Å²) in [6.07, 6.45) is 1.87. The molecule has 1 amide bonds. The number of nitrogens with two attached hydrogens (primary N) is 1. The molecule has 0 aromatic carbocycles. The number of hydrogen-bond acceptors (Lipinski definition) is 4. The maximum Gasteiger partial charge on any atom is 0.255 e. The maximum absolute atomic E-state index is 11.7. The number of guanidine groups is 1. The largest absolute Gasteiger partial charge is 0.370 e. The van der Waals surface area contributed by atoms with Gasteiger partial charge < -0.3 is 5.73 Å². The normalized spacial score (nSPS) is 39.0. The summed E-state index contributed by atoms with van der Waals surface area (Å²) in [7, 11) is 0. The van der Waals surface area contributed by atoms with E-state index in [-0.39, 0.29) is 17.1 Å². The zero-order valence-electron chi connectivity index (χ0n) is 7.54. The summed E-state index contributed by atoms with van der Waals surface area (Å²) in [6, 6.07) is 0. The Bertz CT molecular complexity index is 279. The molecule has 3 N–H and O–H groups in total. The number of hydrogen-bond donors (Lipinski definition) is 2. The number of thioether (sulfide) groups is 1. The van der Waals surface area contributed by atoms with Gasteiger partial charge in [0, 0.05) is 5.25 Å². The molecule has 2 aliphatic heterocycles. The minimum Gasteiger partial charge on any atom is -0.370 e. The Labute approximate surface area is 81.4 Å². The molecule has 1 saturated heterocycles.